The van der Waals surface area contributed by atoms with E-state index in [9.17, 15) is 4.79 Å². The van der Waals surface area contributed by atoms with E-state index in [2.05, 4.69) is 4.90 Å². The number of fused-ring (bicyclic) bond motifs is 1. The molecule has 0 aliphatic carbocycles. The number of hydrogen-bond donors (Lipinski definition) is 0. The molecule has 0 spiro atoms. The van der Waals surface area contributed by atoms with Gasteiger partial charge in [0.15, 0.2) is 0 Å². The van der Waals surface area contributed by atoms with Crippen LogP contribution in [0.4, 0.5) is 5.69 Å². The normalized spacial score (nSPS) is 19.6. The highest BCUT2D eigenvalue weighted by molar-refractivity contribution is 5.74. The fourth-order valence-corrected chi connectivity index (χ4v) is 2.15. The lowest BCUT2D eigenvalue weighted by molar-refractivity contribution is -0.109. The lowest BCUT2D eigenvalue weighted by Gasteiger charge is -2.31. The standard InChI is InChI=1S/C12H15NO2/c1-13-7-6-9(8-14)12-10(13)4-3-5-11(12)15-2/h3-5,8-9H,6-7H2,1-2H3. The third kappa shape index (κ3) is 1.58. The van der Waals surface area contributed by atoms with Crippen LogP contribution in [0.3, 0.4) is 0 Å². The van der Waals surface area contributed by atoms with E-state index in [-0.39, 0.29) is 5.92 Å². The summed E-state index contributed by atoms with van der Waals surface area (Å²) in [7, 11) is 3.69. The van der Waals surface area contributed by atoms with E-state index < -0.39 is 0 Å². The minimum absolute atomic E-state index is 0.0210. The van der Waals surface area contributed by atoms with Crippen molar-refractivity contribution < 1.29 is 9.53 Å². The summed E-state index contributed by atoms with van der Waals surface area (Å²) < 4.78 is 5.31. The van der Waals surface area contributed by atoms with Crippen molar-refractivity contribution in [2.24, 2.45) is 0 Å². The molecule has 1 aromatic rings. The molecule has 1 aromatic carbocycles. The van der Waals surface area contributed by atoms with Crippen LogP contribution in [0.5, 0.6) is 5.75 Å². The Bertz CT molecular complexity index is 376. The van der Waals surface area contributed by atoms with Gasteiger partial charge in [-0.05, 0) is 18.6 Å². The fourth-order valence-electron chi connectivity index (χ4n) is 2.15. The maximum absolute atomic E-state index is 11.0. The van der Waals surface area contributed by atoms with Gasteiger partial charge in [-0.25, -0.2) is 0 Å². The van der Waals surface area contributed by atoms with Gasteiger partial charge >= 0.3 is 0 Å². The van der Waals surface area contributed by atoms with Crippen molar-refractivity contribution >= 4 is 12.0 Å². The van der Waals surface area contributed by atoms with Crippen molar-refractivity contribution in [1.82, 2.24) is 0 Å². The predicted octanol–water partition coefficient (Wildman–Crippen LogP) is 1.82. The first kappa shape index (κ1) is 10.0. The Labute approximate surface area is 89.7 Å². The van der Waals surface area contributed by atoms with Crippen LogP contribution in [0.15, 0.2) is 18.2 Å². The third-order valence-corrected chi connectivity index (χ3v) is 2.98. The van der Waals surface area contributed by atoms with Crippen molar-refractivity contribution in [3.8, 4) is 5.75 Å². The van der Waals surface area contributed by atoms with Crippen molar-refractivity contribution in [3.63, 3.8) is 0 Å². The van der Waals surface area contributed by atoms with Gasteiger partial charge in [0.25, 0.3) is 0 Å². The topological polar surface area (TPSA) is 29.5 Å². The summed E-state index contributed by atoms with van der Waals surface area (Å²) in [6.45, 7) is 0.920. The van der Waals surface area contributed by atoms with E-state index in [4.69, 9.17) is 4.74 Å². The highest BCUT2D eigenvalue weighted by Crippen LogP contribution is 2.39. The molecule has 15 heavy (non-hydrogen) atoms. The highest BCUT2D eigenvalue weighted by Gasteiger charge is 2.25. The molecule has 0 radical (unpaired) electrons. The second-order valence-electron chi connectivity index (χ2n) is 3.85. The molecule has 2 rings (SSSR count). The first-order chi connectivity index (χ1) is 7.27. The van der Waals surface area contributed by atoms with Gasteiger partial charge < -0.3 is 14.4 Å². The van der Waals surface area contributed by atoms with Crippen LogP contribution in [0.1, 0.15) is 17.9 Å². The SMILES string of the molecule is COc1cccc2c1C(C=O)CCN2C. The van der Waals surface area contributed by atoms with Crippen LogP contribution in [0.2, 0.25) is 0 Å². The quantitative estimate of drug-likeness (QED) is 0.690. The van der Waals surface area contributed by atoms with Gasteiger partial charge in [-0.15, -0.1) is 0 Å². The highest BCUT2D eigenvalue weighted by atomic mass is 16.5. The van der Waals surface area contributed by atoms with Gasteiger partial charge in [0.1, 0.15) is 12.0 Å². The average molecular weight is 205 g/mol. The molecule has 1 atom stereocenters. The van der Waals surface area contributed by atoms with Gasteiger partial charge in [-0.2, -0.15) is 0 Å². The number of anilines is 1. The zero-order chi connectivity index (χ0) is 10.8. The monoisotopic (exact) mass is 205 g/mol. The Balaban J connectivity index is 2.56. The number of hydrogen-bond acceptors (Lipinski definition) is 3. The molecule has 1 aliphatic heterocycles. The van der Waals surface area contributed by atoms with E-state index >= 15 is 0 Å². The van der Waals surface area contributed by atoms with E-state index in [1.54, 1.807) is 7.11 Å². The summed E-state index contributed by atoms with van der Waals surface area (Å²) in [5.41, 5.74) is 2.14. The second kappa shape index (κ2) is 3.93. The van der Waals surface area contributed by atoms with Crippen LogP contribution in [-0.4, -0.2) is 27.0 Å². The Morgan fingerprint density at radius 1 is 1.53 bits per heavy atom. The molecule has 1 heterocycles. The average Bonchev–Trinajstić information content (AvgIpc) is 2.29. The maximum Gasteiger partial charge on any atom is 0.127 e. The summed E-state index contributed by atoms with van der Waals surface area (Å²) in [5.74, 6) is 0.795. The van der Waals surface area contributed by atoms with Crippen molar-refractivity contribution in [3.05, 3.63) is 23.8 Å². The summed E-state index contributed by atoms with van der Waals surface area (Å²) in [6, 6.07) is 5.91. The molecular formula is C12H15NO2. The number of ether oxygens (including phenoxy) is 1. The second-order valence-corrected chi connectivity index (χ2v) is 3.85. The fraction of sp³-hybridized carbons (Fsp3) is 0.417. The number of nitrogens with zero attached hydrogens (tertiary/aromatic N) is 1. The molecule has 0 amide bonds. The van der Waals surface area contributed by atoms with Gasteiger partial charge in [0.2, 0.25) is 0 Å². The maximum atomic E-state index is 11.0. The van der Waals surface area contributed by atoms with Crippen LogP contribution >= 0.6 is 0 Å². The first-order valence-corrected chi connectivity index (χ1v) is 5.11. The van der Waals surface area contributed by atoms with Gasteiger partial charge in [-0.3, -0.25) is 0 Å². The zero-order valence-electron chi connectivity index (χ0n) is 9.06. The van der Waals surface area contributed by atoms with Crippen LogP contribution < -0.4 is 9.64 Å². The molecule has 0 bridgehead atoms. The number of benzene rings is 1. The molecule has 1 unspecified atom stereocenters. The number of aldehydes is 1. The van der Waals surface area contributed by atoms with Gasteiger partial charge in [0, 0.05) is 30.8 Å². The molecule has 0 saturated heterocycles. The summed E-state index contributed by atoms with van der Waals surface area (Å²) in [5, 5.41) is 0. The Hall–Kier alpha value is -1.51. The van der Waals surface area contributed by atoms with E-state index in [0.717, 1.165) is 36.3 Å². The smallest absolute Gasteiger partial charge is 0.127 e. The van der Waals surface area contributed by atoms with Gasteiger partial charge in [-0.1, -0.05) is 6.07 Å². The van der Waals surface area contributed by atoms with Crippen molar-refractivity contribution in [2.45, 2.75) is 12.3 Å². The molecule has 1 aliphatic rings. The van der Waals surface area contributed by atoms with Crippen LogP contribution in [0.25, 0.3) is 0 Å². The van der Waals surface area contributed by atoms with E-state index in [1.807, 2.05) is 25.2 Å². The Kier molecular flexibility index (Phi) is 2.62. The first-order valence-electron chi connectivity index (χ1n) is 5.11. The molecule has 0 saturated carbocycles. The van der Waals surface area contributed by atoms with Gasteiger partial charge in [0.05, 0.1) is 7.11 Å². The molecular weight excluding hydrogens is 190 g/mol. The number of carbonyl (C=O) groups is 1. The summed E-state index contributed by atoms with van der Waals surface area (Å²) in [4.78, 5) is 13.2. The Morgan fingerprint density at radius 2 is 2.33 bits per heavy atom. The minimum Gasteiger partial charge on any atom is -0.496 e. The summed E-state index contributed by atoms with van der Waals surface area (Å²) in [6.07, 6.45) is 1.89. The zero-order valence-corrected chi connectivity index (χ0v) is 9.06. The number of carbonyl (C=O) groups excluding carboxylic acids is 1. The lowest BCUT2D eigenvalue weighted by atomic mass is 9.90. The third-order valence-electron chi connectivity index (χ3n) is 2.98. The number of methoxy groups -OCH3 is 1. The molecule has 3 nitrogen and oxygen atoms in total. The largest absolute Gasteiger partial charge is 0.496 e. The van der Waals surface area contributed by atoms with Crippen LogP contribution in [0, 0.1) is 0 Å². The molecule has 80 valence electrons. The van der Waals surface area contributed by atoms with Crippen LogP contribution in [-0.2, 0) is 4.79 Å². The minimum atomic E-state index is -0.0210. The predicted molar refractivity (Wildman–Crippen MR) is 59.7 cm³/mol. The molecule has 0 aromatic heterocycles. The Morgan fingerprint density at radius 3 is 3.00 bits per heavy atom. The summed E-state index contributed by atoms with van der Waals surface area (Å²) >= 11 is 0. The molecule has 0 N–H and O–H groups in total. The lowest BCUT2D eigenvalue weighted by Crippen LogP contribution is -2.28. The van der Waals surface area contributed by atoms with Crippen molar-refractivity contribution in [2.75, 3.05) is 25.6 Å². The molecule has 3 heteroatoms. The van der Waals surface area contributed by atoms with Crippen molar-refractivity contribution in [1.29, 1.82) is 0 Å². The molecule has 0 fully saturated rings. The van der Waals surface area contributed by atoms with E-state index in [0.29, 0.717) is 0 Å². The van der Waals surface area contributed by atoms with E-state index in [1.165, 1.54) is 0 Å². The number of rotatable bonds is 2.